The monoisotopic (exact) mass is 262 g/mol. The van der Waals surface area contributed by atoms with Crippen LogP contribution in [0.1, 0.15) is 37.9 Å². The van der Waals surface area contributed by atoms with E-state index in [1.54, 1.807) is 6.33 Å². The second-order valence-electron chi connectivity index (χ2n) is 4.94. The maximum atomic E-state index is 4.44. The van der Waals surface area contributed by atoms with Crippen LogP contribution in [0.25, 0.3) is 0 Å². The number of aromatic nitrogens is 5. The van der Waals surface area contributed by atoms with Crippen molar-refractivity contribution in [3.05, 3.63) is 29.6 Å². The quantitative estimate of drug-likeness (QED) is 0.853. The Hall–Kier alpha value is -1.69. The van der Waals surface area contributed by atoms with Gasteiger partial charge >= 0.3 is 0 Å². The van der Waals surface area contributed by atoms with E-state index in [1.807, 2.05) is 15.6 Å². The summed E-state index contributed by atoms with van der Waals surface area (Å²) >= 11 is 0. The molecule has 0 saturated heterocycles. The molecule has 19 heavy (non-hydrogen) atoms. The predicted octanol–water partition coefficient (Wildman–Crippen LogP) is 1.35. The lowest BCUT2D eigenvalue weighted by Crippen LogP contribution is -2.22. The molecule has 0 unspecified atom stereocenters. The van der Waals surface area contributed by atoms with Gasteiger partial charge in [0, 0.05) is 30.4 Å². The normalized spacial score (nSPS) is 11.4. The Kier molecular flexibility index (Phi) is 4.31. The van der Waals surface area contributed by atoms with Crippen LogP contribution in [-0.2, 0) is 19.6 Å². The molecule has 0 aliphatic heterocycles. The van der Waals surface area contributed by atoms with Gasteiger partial charge in [-0.3, -0.25) is 4.68 Å². The van der Waals surface area contributed by atoms with Gasteiger partial charge in [0.05, 0.1) is 6.20 Å². The van der Waals surface area contributed by atoms with Crippen molar-refractivity contribution < 1.29 is 0 Å². The molecule has 104 valence electrons. The molecule has 0 aromatic carbocycles. The summed E-state index contributed by atoms with van der Waals surface area (Å²) in [4.78, 5) is 4.28. The van der Waals surface area contributed by atoms with Crippen LogP contribution in [0.4, 0.5) is 0 Å². The lowest BCUT2D eigenvalue weighted by molar-refractivity contribution is 0.557. The SMILES string of the molecule is CCn1ncnc1Cn1ncc(CNC(C)C)c1C. The van der Waals surface area contributed by atoms with E-state index in [0.29, 0.717) is 12.6 Å². The van der Waals surface area contributed by atoms with Crippen LogP contribution in [0, 0.1) is 6.92 Å². The van der Waals surface area contributed by atoms with Gasteiger partial charge in [0.2, 0.25) is 0 Å². The summed E-state index contributed by atoms with van der Waals surface area (Å²) in [5, 5.41) is 12.0. The van der Waals surface area contributed by atoms with Crippen LogP contribution in [-0.4, -0.2) is 30.6 Å². The van der Waals surface area contributed by atoms with E-state index < -0.39 is 0 Å². The van der Waals surface area contributed by atoms with Gasteiger partial charge in [-0.15, -0.1) is 0 Å². The number of rotatable bonds is 6. The fourth-order valence-corrected chi connectivity index (χ4v) is 1.94. The zero-order valence-corrected chi connectivity index (χ0v) is 12.1. The molecule has 2 aromatic rings. The van der Waals surface area contributed by atoms with Gasteiger partial charge in [-0.1, -0.05) is 13.8 Å². The fraction of sp³-hybridized carbons (Fsp3) is 0.615. The maximum Gasteiger partial charge on any atom is 0.148 e. The molecule has 0 amide bonds. The van der Waals surface area contributed by atoms with Crippen molar-refractivity contribution in [2.24, 2.45) is 0 Å². The molecule has 0 radical (unpaired) electrons. The zero-order chi connectivity index (χ0) is 13.8. The molecular formula is C13H22N6. The maximum absolute atomic E-state index is 4.44. The average Bonchev–Trinajstić information content (AvgIpc) is 2.96. The molecule has 6 nitrogen and oxygen atoms in total. The lowest BCUT2D eigenvalue weighted by Gasteiger charge is -2.08. The molecule has 0 atom stereocenters. The topological polar surface area (TPSA) is 60.6 Å². The van der Waals surface area contributed by atoms with Crippen molar-refractivity contribution in [3.8, 4) is 0 Å². The predicted molar refractivity (Wildman–Crippen MR) is 73.7 cm³/mol. The highest BCUT2D eigenvalue weighted by Crippen LogP contribution is 2.09. The highest BCUT2D eigenvalue weighted by molar-refractivity contribution is 5.16. The summed E-state index contributed by atoms with van der Waals surface area (Å²) in [6.07, 6.45) is 3.52. The Morgan fingerprint density at radius 1 is 1.26 bits per heavy atom. The minimum atomic E-state index is 0.478. The van der Waals surface area contributed by atoms with Gasteiger partial charge in [0.15, 0.2) is 0 Å². The van der Waals surface area contributed by atoms with Crippen LogP contribution in [0.15, 0.2) is 12.5 Å². The Labute approximate surface area is 113 Å². The molecule has 0 aliphatic rings. The van der Waals surface area contributed by atoms with E-state index in [2.05, 4.69) is 48.2 Å². The van der Waals surface area contributed by atoms with Crippen LogP contribution in [0.2, 0.25) is 0 Å². The summed E-state index contributed by atoms with van der Waals surface area (Å²) < 4.78 is 3.88. The Bertz CT molecular complexity index is 525. The van der Waals surface area contributed by atoms with E-state index in [4.69, 9.17) is 0 Å². The summed E-state index contributed by atoms with van der Waals surface area (Å²) in [7, 11) is 0. The van der Waals surface area contributed by atoms with Crippen molar-refractivity contribution in [1.29, 1.82) is 0 Å². The molecular weight excluding hydrogens is 240 g/mol. The van der Waals surface area contributed by atoms with Crippen molar-refractivity contribution in [2.75, 3.05) is 0 Å². The summed E-state index contributed by atoms with van der Waals surface area (Å²) in [5.74, 6) is 0.942. The number of hydrogen-bond donors (Lipinski definition) is 1. The molecule has 1 N–H and O–H groups in total. The van der Waals surface area contributed by atoms with E-state index in [1.165, 1.54) is 11.3 Å². The number of aryl methyl sites for hydroxylation is 1. The van der Waals surface area contributed by atoms with Crippen molar-refractivity contribution in [2.45, 2.75) is 53.4 Å². The molecule has 0 saturated carbocycles. The van der Waals surface area contributed by atoms with E-state index in [9.17, 15) is 0 Å². The Morgan fingerprint density at radius 3 is 2.74 bits per heavy atom. The number of nitrogens with one attached hydrogen (secondary N) is 1. The first-order chi connectivity index (χ1) is 9.11. The van der Waals surface area contributed by atoms with Gasteiger partial charge < -0.3 is 5.32 Å². The number of nitrogens with zero attached hydrogens (tertiary/aromatic N) is 5. The average molecular weight is 262 g/mol. The molecule has 0 fully saturated rings. The van der Waals surface area contributed by atoms with E-state index in [0.717, 1.165) is 18.9 Å². The third kappa shape index (κ3) is 3.20. The fourth-order valence-electron chi connectivity index (χ4n) is 1.94. The first kappa shape index (κ1) is 13.7. The van der Waals surface area contributed by atoms with Crippen molar-refractivity contribution in [3.63, 3.8) is 0 Å². The summed E-state index contributed by atoms with van der Waals surface area (Å²) in [6, 6.07) is 0.478. The van der Waals surface area contributed by atoms with Crippen LogP contribution in [0.5, 0.6) is 0 Å². The number of hydrogen-bond acceptors (Lipinski definition) is 4. The molecule has 2 aromatic heterocycles. The molecule has 2 rings (SSSR count). The van der Waals surface area contributed by atoms with Gasteiger partial charge in [0.25, 0.3) is 0 Å². The molecule has 2 heterocycles. The highest BCUT2D eigenvalue weighted by atomic mass is 15.4. The Morgan fingerprint density at radius 2 is 2.05 bits per heavy atom. The molecule has 0 bridgehead atoms. The standard InChI is InChI=1S/C13H22N6/c1-5-18-13(15-9-17-18)8-19-11(4)12(7-16-19)6-14-10(2)3/h7,9-10,14H,5-6,8H2,1-4H3. The largest absolute Gasteiger partial charge is 0.310 e. The lowest BCUT2D eigenvalue weighted by atomic mass is 10.2. The molecule has 0 spiro atoms. The highest BCUT2D eigenvalue weighted by Gasteiger charge is 2.10. The minimum Gasteiger partial charge on any atom is -0.310 e. The van der Waals surface area contributed by atoms with Crippen LogP contribution >= 0.6 is 0 Å². The summed E-state index contributed by atoms with van der Waals surface area (Å²) in [5.41, 5.74) is 2.41. The van der Waals surface area contributed by atoms with Crippen molar-refractivity contribution in [1.82, 2.24) is 29.9 Å². The second kappa shape index (κ2) is 5.97. The van der Waals surface area contributed by atoms with Gasteiger partial charge in [-0.25, -0.2) is 9.67 Å². The zero-order valence-electron chi connectivity index (χ0n) is 12.1. The first-order valence-electron chi connectivity index (χ1n) is 6.73. The first-order valence-corrected chi connectivity index (χ1v) is 6.73. The second-order valence-corrected chi connectivity index (χ2v) is 4.94. The van der Waals surface area contributed by atoms with Crippen LogP contribution in [0.3, 0.4) is 0 Å². The van der Waals surface area contributed by atoms with Gasteiger partial charge in [0.1, 0.15) is 18.7 Å². The summed E-state index contributed by atoms with van der Waals surface area (Å²) in [6.45, 7) is 10.8. The van der Waals surface area contributed by atoms with E-state index >= 15 is 0 Å². The third-order valence-corrected chi connectivity index (χ3v) is 3.19. The third-order valence-electron chi connectivity index (χ3n) is 3.19. The van der Waals surface area contributed by atoms with Crippen molar-refractivity contribution >= 4 is 0 Å². The minimum absolute atomic E-state index is 0.478. The molecule has 0 aliphatic carbocycles. The smallest absolute Gasteiger partial charge is 0.148 e. The van der Waals surface area contributed by atoms with Crippen LogP contribution < -0.4 is 5.32 Å². The van der Waals surface area contributed by atoms with E-state index in [-0.39, 0.29) is 0 Å². The van der Waals surface area contributed by atoms with Gasteiger partial charge in [-0.2, -0.15) is 10.2 Å². The molecule has 6 heteroatoms. The Balaban J connectivity index is 2.09. The van der Waals surface area contributed by atoms with Gasteiger partial charge in [-0.05, 0) is 13.8 Å².